The Morgan fingerprint density at radius 1 is 1.26 bits per heavy atom. The predicted octanol–water partition coefficient (Wildman–Crippen LogP) is 3.78. The van der Waals surface area contributed by atoms with E-state index in [1.54, 1.807) is 0 Å². The number of aryl methyl sites for hydroxylation is 2. The van der Waals surface area contributed by atoms with Crippen molar-refractivity contribution in [2.24, 2.45) is 0 Å². The topological polar surface area (TPSA) is 43.4 Å². The normalized spacial score (nSPS) is 20.0. The molecule has 2 heterocycles. The molecule has 2 aromatic rings. The summed E-state index contributed by atoms with van der Waals surface area (Å²) in [6, 6.07) is 6.58. The number of nitrogens with one attached hydrogen (secondary N) is 1. The molecule has 0 bridgehead atoms. The average Bonchev–Trinajstić information content (AvgIpc) is 2.79. The summed E-state index contributed by atoms with van der Waals surface area (Å²) in [6.45, 7) is 4.36. The van der Waals surface area contributed by atoms with Crippen molar-refractivity contribution in [1.29, 1.82) is 0 Å². The SMILES string of the molecule is Cc1nc2c(s1)C(NCc1cccc3c1OCCCO3)CCC2. The molecule has 5 heteroatoms. The van der Waals surface area contributed by atoms with Gasteiger partial charge in [0.05, 0.1) is 23.9 Å². The first kappa shape index (κ1) is 15.0. The Bertz CT molecular complexity index is 698. The van der Waals surface area contributed by atoms with Crippen LogP contribution in [0.4, 0.5) is 0 Å². The van der Waals surface area contributed by atoms with Crippen LogP contribution in [-0.2, 0) is 13.0 Å². The summed E-state index contributed by atoms with van der Waals surface area (Å²) in [6.07, 6.45) is 4.45. The van der Waals surface area contributed by atoms with E-state index in [-0.39, 0.29) is 0 Å². The standard InChI is InChI=1S/C18H22N2O2S/c1-12-20-15-7-3-6-14(18(15)23-12)19-11-13-5-2-8-16-17(13)22-10-4-9-21-16/h2,5,8,14,19H,3-4,6-7,9-11H2,1H3. The fourth-order valence-corrected chi connectivity index (χ4v) is 4.45. The van der Waals surface area contributed by atoms with Crippen LogP contribution in [-0.4, -0.2) is 18.2 Å². The van der Waals surface area contributed by atoms with Gasteiger partial charge in [-0.05, 0) is 32.3 Å². The van der Waals surface area contributed by atoms with Crippen LogP contribution >= 0.6 is 11.3 Å². The molecule has 1 aromatic carbocycles. The van der Waals surface area contributed by atoms with Crippen molar-refractivity contribution in [1.82, 2.24) is 10.3 Å². The number of para-hydroxylation sites is 1. The van der Waals surface area contributed by atoms with Crippen molar-refractivity contribution in [3.05, 3.63) is 39.3 Å². The van der Waals surface area contributed by atoms with Gasteiger partial charge in [-0.1, -0.05) is 12.1 Å². The maximum Gasteiger partial charge on any atom is 0.165 e. The second-order valence-electron chi connectivity index (χ2n) is 6.16. The lowest BCUT2D eigenvalue weighted by molar-refractivity contribution is 0.295. The quantitative estimate of drug-likeness (QED) is 0.930. The van der Waals surface area contributed by atoms with Crippen molar-refractivity contribution in [2.45, 2.75) is 45.2 Å². The summed E-state index contributed by atoms with van der Waals surface area (Å²) < 4.78 is 11.7. The van der Waals surface area contributed by atoms with E-state index in [0.29, 0.717) is 6.04 Å². The number of thiazole rings is 1. The van der Waals surface area contributed by atoms with Crippen LogP contribution < -0.4 is 14.8 Å². The van der Waals surface area contributed by atoms with Crippen LogP contribution in [0.5, 0.6) is 11.5 Å². The maximum atomic E-state index is 5.92. The fourth-order valence-electron chi connectivity index (χ4n) is 3.36. The number of nitrogens with zero attached hydrogens (tertiary/aromatic N) is 1. The Balaban J connectivity index is 1.52. The predicted molar refractivity (Wildman–Crippen MR) is 91.4 cm³/mol. The number of hydrogen-bond acceptors (Lipinski definition) is 5. The summed E-state index contributed by atoms with van der Waals surface area (Å²) >= 11 is 1.84. The molecule has 0 spiro atoms. The van der Waals surface area contributed by atoms with Crippen LogP contribution in [0.1, 0.15) is 46.4 Å². The number of ether oxygens (including phenoxy) is 2. The average molecular weight is 330 g/mol. The Morgan fingerprint density at radius 3 is 3.13 bits per heavy atom. The molecule has 4 nitrogen and oxygen atoms in total. The lowest BCUT2D eigenvalue weighted by Crippen LogP contribution is -2.24. The smallest absolute Gasteiger partial charge is 0.165 e. The van der Waals surface area contributed by atoms with Crippen molar-refractivity contribution in [2.75, 3.05) is 13.2 Å². The third-order valence-corrected chi connectivity index (χ3v) is 5.58. The molecule has 0 amide bonds. The Labute approximate surface area is 140 Å². The van der Waals surface area contributed by atoms with E-state index in [0.717, 1.165) is 44.1 Å². The molecular weight excluding hydrogens is 308 g/mol. The van der Waals surface area contributed by atoms with E-state index in [9.17, 15) is 0 Å². The van der Waals surface area contributed by atoms with Gasteiger partial charge in [-0.2, -0.15) is 0 Å². The van der Waals surface area contributed by atoms with Crippen LogP contribution in [0.2, 0.25) is 0 Å². The Kier molecular flexibility index (Phi) is 4.23. The molecule has 23 heavy (non-hydrogen) atoms. The van der Waals surface area contributed by atoms with E-state index < -0.39 is 0 Å². The van der Waals surface area contributed by atoms with Gasteiger partial charge in [0.1, 0.15) is 0 Å². The van der Waals surface area contributed by atoms with Crippen LogP contribution in [0.25, 0.3) is 0 Å². The van der Waals surface area contributed by atoms with Gasteiger partial charge in [0.15, 0.2) is 11.5 Å². The minimum atomic E-state index is 0.410. The zero-order valence-corrected chi connectivity index (χ0v) is 14.2. The highest BCUT2D eigenvalue weighted by molar-refractivity contribution is 7.11. The first-order chi connectivity index (χ1) is 11.3. The molecule has 1 N–H and O–H groups in total. The highest BCUT2D eigenvalue weighted by Crippen LogP contribution is 2.36. The minimum Gasteiger partial charge on any atom is -0.490 e. The third-order valence-electron chi connectivity index (χ3n) is 4.45. The lowest BCUT2D eigenvalue weighted by atomic mass is 9.98. The highest BCUT2D eigenvalue weighted by atomic mass is 32.1. The Hall–Kier alpha value is -1.59. The van der Waals surface area contributed by atoms with Crippen molar-refractivity contribution in [3.63, 3.8) is 0 Å². The lowest BCUT2D eigenvalue weighted by Gasteiger charge is -2.23. The molecule has 0 saturated carbocycles. The molecule has 1 unspecified atom stereocenters. The summed E-state index contributed by atoms with van der Waals surface area (Å²) in [5, 5.41) is 4.89. The number of hydrogen-bond donors (Lipinski definition) is 1. The molecule has 1 aliphatic heterocycles. The van der Waals surface area contributed by atoms with E-state index in [1.807, 2.05) is 23.5 Å². The number of fused-ring (bicyclic) bond motifs is 2. The molecular formula is C18H22N2O2S. The Morgan fingerprint density at radius 2 is 2.17 bits per heavy atom. The summed E-state index contributed by atoms with van der Waals surface area (Å²) in [4.78, 5) is 6.10. The molecule has 1 atom stereocenters. The van der Waals surface area contributed by atoms with Gasteiger partial charge in [-0.15, -0.1) is 11.3 Å². The van der Waals surface area contributed by atoms with Gasteiger partial charge in [0, 0.05) is 29.4 Å². The first-order valence-corrected chi connectivity index (χ1v) is 9.20. The van der Waals surface area contributed by atoms with Gasteiger partial charge in [0.25, 0.3) is 0 Å². The summed E-state index contributed by atoms with van der Waals surface area (Å²) in [5.74, 6) is 1.79. The second-order valence-corrected chi connectivity index (χ2v) is 7.40. The summed E-state index contributed by atoms with van der Waals surface area (Å²) in [7, 11) is 0. The monoisotopic (exact) mass is 330 g/mol. The van der Waals surface area contributed by atoms with Crippen LogP contribution in [0, 0.1) is 6.92 Å². The van der Waals surface area contributed by atoms with Crippen molar-refractivity contribution >= 4 is 11.3 Å². The fraction of sp³-hybridized carbons (Fsp3) is 0.500. The molecule has 4 rings (SSSR count). The van der Waals surface area contributed by atoms with Crippen molar-refractivity contribution < 1.29 is 9.47 Å². The van der Waals surface area contributed by atoms with Gasteiger partial charge in [0.2, 0.25) is 0 Å². The van der Waals surface area contributed by atoms with Gasteiger partial charge in [-0.25, -0.2) is 4.98 Å². The zero-order valence-electron chi connectivity index (χ0n) is 13.4. The first-order valence-electron chi connectivity index (χ1n) is 8.38. The maximum absolute atomic E-state index is 5.92. The van der Waals surface area contributed by atoms with E-state index in [2.05, 4.69) is 23.3 Å². The minimum absolute atomic E-state index is 0.410. The third kappa shape index (κ3) is 3.08. The largest absolute Gasteiger partial charge is 0.490 e. The second kappa shape index (κ2) is 6.49. The van der Waals surface area contributed by atoms with E-state index >= 15 is 0 Å². The molecule has 122 valence electrons. The van der Waals surface area contributed by atoms with Crippen LogP contribution in [0.3, 0.4) is 0 Å². The molecule has 2 aliphatic rings. The number of benzene rings is 1. The number of rotatable bonds is 3. The van der Waals surface area contributed by atoms with Gasteiger partial charge < -0.3 is 14.8 Å². The molecule has 0 saturated heterocycles. The number of aromatic nitrogens is 1. The molecule has 0 radical (unpaired) electrons. The molecule has 1 aliphatic carbocycles. The van der Waals surface area contributed by atoms with Gasteiger partial charge >= 0.3 is 0 Å². The zero-order chi connectivity index (χ0) is 15.6. The summed E-state index contributed by atoms with van der Waals surface area (Å²) in [5.41, 5.74) is 2.47. The van der Waals surface area contributed by atoms with Gasteiger partial charge in [-0.3, -0.25) is 0 Å². The molecule has 0 fully saturated rings. The van der Waals surface area contributed by atoms with E-state index in [1.165, 1.54) is 34.0 Å². The van der Waals surface area contributed by atoms with Crippen molar-refractivity contribution in [3.8, 4) is 11.5 Å². The molecule has 1 aromatic heterocycles. The van der Waals surface area contributed by atoms with E-state index in [4.69, 9.17) is 9.47 Å². The van der Waals surface area contributed by atoms with Crippen LogP contribution in [0.15, 0.2) is 18.2 Å². The highest BCUT2D eigenvalue weighted by Gasteiger charge is 2.24.